The molecule has 0 radical (unpaired) electrons. The molecule has 200 valence electrons. The molecule has 5 nitrogen and oxygen atoms in total. The van der Waals surface area contributed by atoms with Crippen molar-refractivity contribution in [2.24, 2.45) is 0 Å². The first-order valence-corrected chi connectivity index (χ1v) is 14.1. The second kappa shape index (κ2) is 13.3. The predicted octanol–water partition coefficient (Wildman–Crippen LogP) is 7.38. The SMILES string of the molecule is O=C(Cc1ccc(Cl)cc1)NCCCCCc1nc2ccccc2n1CCCOc1ccc2ccccc2c1. The lowest BCUT2D eigenvalue weighted by Gasteiger charge is -2.11. The number of nitrogens with one attached hydrogen (secondary N) is 1. The van der Waals surface area contributed by atoms with Gasteiger partial charge in [0.05, 0.1) is 24.1 Å². The molecule has 5 rings (SSSR count). The molecule has 4 aromatic carbocycles. The molecular formula is C33H34ClN3O2. The van der Waals surface area contributed by atoms with E-state index in [1.54, 1.807) is 0 Å². The lowest BCUT2D eigenvalue weighted by atomic mass is 10.1. The minimum absolute atomic E-state index is 0.0463. The maximum Gasteiger partial charge on any atom is 0.224 e. The van der Waals surface area contributed by atoms with E-state index in [0.29, 0.717) is 24.6 Å². The van der Waals surface area contributed by atoms with E-state index in [-0.39, 0.29) is 5.91 Å². The third kappa shape index (κ3) is 7.39. The molecule has 0 aliphatic carbocycles. The van der Waals surface area contributed by atoms with Gasteiger partial charge in [-0.3, -0.25) is 4.79 Å². The summed E-state index contributed by atoms with van der Waals surface area (Å²) in [5.74, 6) is 2.07. The Morgan fingerprint density at radius 2 is 1.64 bits per heavy atom. The molecule has 0 atom stereocenters. The fourth-order valence-corrected chi connectivity index (χ4v) is 5.02. The maximum absolute atomic E-state index is 12.2. The Labute approximate surface area is 234 Å². The normalized spacial score (nSPS) is 11.2. The van der Waals surface area contributed by atoms with Crippen molar-refractivity contribution in [1.29, 1.82) is 0 Å². The molecule has 0 aliphatic rings. The maximum atomic E-state index is 12.2. The number of ether oxygens (including phenoxy) is 1. The number of aryl methyl sites for hydroxylation is 2. The topological polar surface area (TPSA) is 56.2 Å². The van der Waals surface area contributed by atoms with Crippen molar-refractivity contribution in [2.45, 2.75) is 45.1 Å². The molecule has 1 amide bonds. The van der Waals surface area contributed by atoms with Crippen LogP contribution in [0.1, 0.15) is 37.1 Å². The average molecular weight is 540 g/mol. The number of amides is 1. The molecule has 39 heavy (non-hydrogen) atoms. The van der Waals surface area contributed by atoms with Crippen LogP contribution < -0.4 is 10.1 Å². The Bertz CT molecular complexity index is 1530. The van der Waals surface area contributed by atoms with Crippen LogP contribution in [0, 0.1) is 0 Å². The van der Waals surface area contributed by atoms with E-state index in [4.69, 9.17) is 21.3 Å². The zero-order valence-corrected chi connectivity index (χ0v) is 22.9. The number of rotatable bonds is 13. The van der Waals surface area contributed by atoms with Gasteiger partial charge in [0.2, 0.25) is 5.91 Å². The van der Waals surface area contributed by atoms with Gasteiger partial charge in [-0.15, -0.1) is 0 Å². The number of carbonyl (C=O) groups excluding carboxylic acids is 1. The number of fused-ring (bicyclic) bond motifs is 2. The van der Waals surface area contributed by atoms with Crippen LogP contribution in [-0.4, -0.2) is 28.6 Å². The Balaban J connectivity index is 1.07. The molecular weight excluding hydrogens is 506 g/mol. The number of hydrogen-bond donors (Lipinski definition) is 1. The van der Waals surface area contributed by atoms with E-state index in [2.05, 4.69) is 64.5 Å². The molecule has 1 heterocycles. The summed E-state index contributed by atoms with van der Waals surface area (Å²) in [5, 5.41) is 6.13. The summed E-state index contributed by atoms with van der Waals surface area (Å²) >= 11 is 5.92. The Morgan fingerprint density at radius 1 is 0.846 bits per heavy atom. The van der Waals surface area contributed by atoms with Crippen LogP contribution in [0.3, 0.4) is 0 Å². The molecule has 0 saturated carbocycles. The number of nitrogens with zero attached hydrogens (tertiary/aromatic N) is 2. The molecule has 1 N–H and O–H groups in total. The summed E-state index contributed by atoms with van der Waals surface area (Å²) in [7, 11) is 0. The van der Waals surface area contributed by atoms with Crippen molar-refractivity contribution in [3.8, 4) is 5.75 Å². The summed E-state index contributed by atoms with van der Waals surface area (Å²) in [4.78, 5) is 17.1. The summed E-state index contributed by atoms with van der Waals surface area (Å²) < 4.78 is 8.42. The van der Waals surface area contributed by atoms with E-state index in [1.165, 1.54) is 16.3 Å². The van der Waals surface area contributed by atoms with Crippen LogP contribution in [0.5, 0.6) is 5.75 Å². The van der Waals surface area contributed by atoms with Crippen molar-refractivity contribution in [3.63, 3.8) is 0 Å². The van der Waals surface area contributed by atoms with E-state index >= 15 is 0 Å². The van der Waals surface area contributed by atoms with Gasteiger partial charge in [0.15, 0.2) is 0 Å². The van der Waals surface area contributed by atoms with E-state index in [1.807, 2.05) is 36.4 Å². The lowest BCUT2D eigenvalue weighted by Crippen LogP contribution is -2.26. The van der Waals surface area contributed by atoms with Gasteiger partial charge in [-0.05, 0) is 72.0 Å². The van der Waals surface area contributed by atoms with Gasteiger partial charge >= 0.3 is 0 Å². The van der Waals surface area contributed by atoms with Crippen LogP contribution in [0.25, 0.3) is 21.8 Å². The zero-order chi connectivity index (χ0) is 26.9. The smallest absolute Gasteiger partial charge is 0.224 e. The standard InChI is InChI=1S/C33H34ClN3O2/c34-28-17-14-25(15-18-28)23-33(38)35-20-7-1-2-13-32-36-30-11-5-6-12-31(30)37(32)21-8-22-39-29-19-16-26-9-3-4-10-27(26)24-29/h3-6,9-12,14-19,24H,1-2,7-8,13,20-23H2,(H,35,38). The number of unbranched alkanes of at least 4 members (excludes halogenated alkanes) is 2. The first-order chi connectivity index (χ1) is 19.2. The minimum atomic E-state index is 0.0463. The number of hydrogen-bond acceptors (Lipinski definition) is 3. The first kappa shape index (κ1) is 26.8. The molecule has 0 unspecified atom stereocenters. The van der Waals surface area contributed by atoms with E-state index in [0.717, 1.165) is 61.3 Å². The summed E-state index contributed by atoms with van der Waals surface area (Å²) in [6.07, 6.45) is 5.22. The molecule has 0 bridgehead atoms. The van der Waals surface area contributed by atoms with Crippen LogP contribution in [0.4, 0.5) is 0 Å². The highest BCUT2D eigenvalue weighted by atomic mass is 35.5. The van der Waals surface area contributed by atoms with Gasteiger partial charge < -0.3 is 14.6 Å². The molecule has 0 fully saturated rings. The van der Waals surface area contributed by atoms with E-state index in [9.17, 15) is 4.79 Å². The third-order valence-electron chi connectivity index (χ3n) is 6.93. The van der Waals surface area contributed by atoms with Crippen LogP contribution >= 0.6 is 11.6 Å². The van der Waals surface area contributed by atoms with Crippen molar-refractivity contribution < 1.29 is 9.53 Å². The highest BCUT2D eigenvalue weighted by Crippen LogP contribution is 2.22. The van der Waals surface area contributed by atoms with Gasteiger partial charge in [0, 0.05) is 24.5 Å². The second-order valence-electron chi connectivity index (χ2n) is 9.84. The van der Waals surface area contributed by atoms with Gasteiger partial charge in [-0.25, -0.2) is 4.98 Å². The molecule has 0 aliphatic heterocycles. The van der Waals surface area contributed by atoms with Gasteiger partial charge in [0.1, 0.15) is 11.6 Å². The van der Waals surface area contributed by atoms with Crippen LogP contribution in [-0.2, 0) is 24.2 Å². The Kier molecular flexibility index (Phi) is 9.13. The number of benzene rings is 4. The fourth-order valence-electron chi connectivity index (χ4n) is 4.90. The second-order valence-corrected chi connectivity index (χ2v) is 10.3. The number of aromatic nitrogens is 2. The van der Waals surface area contributed by atoms with Crippen molar-refractivity contribution in [2.75, 3.05) is 13.2 Å². The number of carbonyl (C=O) groups is 1. The Hall–Kier alpha value is -3.83. The summed E-state index contributed by atoms with van der Waals surface area (Å²) in [6.45, 7) is 2.21. The quantitative estimate of drug-likeness (QED) is 0.159. The minimum Gasteiger partial charge on any atom is -0.494 e. The first-order valence-electron chi connectivity index (χ1n) is 13.7. The number of para-hydroxylation sites is 2. The summed E-state index contributed by atoms with van der Waals surface area (Å²) in [6, 6.07) is 30.3. The number of imidazole rings is 1. The zero-order valence-electron chi connectivity index (χ0n) is 22.1. The van der Waals surface area contributed by atoms with Crippen LogP contribution in [0.15, 0.2) is 91.0 Å². The van der Waals surface area contributed by atoms with Crippen LogP contribution in [0.2, 0.25) is 5.02 Å². The average Bonchev–Trinajstić information content (AvgIpc) is 3.31. The van der Waals surface area contributed by atoms with Gasteiger partial charge in [-0.2, -0.15) is 0 Å². The van der Waals surface area contributed by atoms with Gasteiger partial charge in [0.25, 0.3) is 0 Å². The van der Waals surface area contributed by atoms with Gasteiger partial charge in [-0.1, -0.05) is 72.6 Å². The predicted molar refractivity (Wildman–Crippen MR) is 160 cm³/mol. The monoisotopic (exact) mass is 539 g/mol. The number of halogens is 1. The lowest BCUT2D eigenvalue weighted by molar-refractivity contribution is -0.120. The third-order valence-corrected chi connectivity index (χ3v) is 7.18. The van der Waals surface area contributed by atoms with Crippen molar-refractivity contribution in [1.82, 2.24) is 14.9 Å². The van der Waals surface area contributed by atoms with Crippen molar-refractivity contribution >= 4 is 39.3 Å². The molecule has 5 aromatic rings. The largest absolute Gasteiger partial charge is 0.494 e. The van der Waals surface area contributed by atoms with Crippen molar-refractivity contribution in [3.05, 3.63) is 107 Å². The molecule has 0 spiro atoms. The highest BCUT2D eigenvalue weighted by molar-refractivity contribution is 6.30. The molecule has 0 saturated heterocycles. The molecule has 6 heteroatoms. The highest BCUT2D eigenvalue weighted by Gasteiger charge is 2.10. The molecule has 1 aromatic heterocycles. The Morgan fingerprint density at radius 3 is 2.51 bits per heavy atom. The van der Waals surface area contributed by atoms with E-state index < -0.39 is 0 Å². The fraction of sp³-hybridized carbons (Fsp3) is 0.273. The summed E-state index contributed by atoms with van der Waals surface area (Å²) in [5.41, 5.74) is 3.18.